The van der Waals surface area contributed by atoms with Gasteiger partial charge in [0.15, 0.2) is 0 Å². The first-order valence-electron chi connectivity index (χ1n) is 7.54. The SMILES string of the molecule is O=C(NCc1ccco1)N[C@@H]1CCO[C@@H](c2ccccc2)C1. The molecule has 5 heteroatoms. The van der Waals surface area contributed by atoms with E-state index >= 15 is 0 Å². The van der Waals surface area contributed by atoms with Gasteiger partial charge in [0.2, 0.25) is 0 Å². The fraction of sp³-hybridized carbons (Fsp3) is 0.353. The van der Waals surface area contributed by atoms with Crippen molar-refractivity contribution in [3.63, 3.8) is 0 Å². The number of hydrogen-bond acceptors (Lipinski definition) is 3. The van der Waals surface area contributed by atoms with Crippen LogP contribution in [0.1, 0.15) is 30.3 Å². The predicted molar refractivity (Wildman–Crippen MR) is 82.2 cm³/mol. The summed E-state index contributed by atoms with van der Waals surface area (Å²) in [7, 11) is 0. The Bertz CT molecular complexity index is 583. The lowest BCUT2D eigenvalue weighted by Gasteiger charge is -2.30. The average molecular weight is 300 g/mol. The minimum atomic E-state index is -0.171. The Hall–Kier alpha value is -2.27. The van der Waals surface area contributed by atoms with Crippen LogP contribution in [0.5, 0.6) is 0 Å². The molecule has 1 aliphatic rings. The number of hydrogen-bond donors (Lipinski definition) is 2. The van der Waals surface area contributed by atoms with E-state index in [1.54, 1.807) is 12.3 Å². The second-order valence-electron chi connectivity index (χ2n) is 5.40. The summed E-state index contributed by atoms with van der Waals surface area (Å²) in [5, 5.41) is 5.81. The number of amides is 2. The van der Waals surface area contributed by atoms with E-state index in [1.807, 2.05) is 24.3 Å². The normalized spacial score (nSPS) is 21.3. The zero-order valence-corrected chi connectivity index (χ0v) is 12.3. The second kappa shape index (κ2) is 7.13. The zero-order chi connectivity index (χ0) is 15.2. The Balaban J connectivity index is 1.48. The summed E-state index contributed by atoms with van der Waals surface area (Å²) >= 11 is 0. The van der Waals surface area contributed by atoms with Gasteiger partial charge < -0.3 is 19.8 Å². The van der Waals surface area contributed by atoms with E-state index in [2.05, 4.69) is 22.8 Å². The van der Waals surface area contributed by atoms with Crippen LogP contribution in [-0.2, 0) is 11.3 Å². The van der Waals surface area contributed by atoms with Crippen molar-refractivity contribution < 1.29 is 13.9 Å². The van der Waals surface area contributed by atoms with E-state index in [-0.39, 0.29) is 18.2 Å². The lowest BCUT2D eigenvalue weighted by atomic mass is 9.97. The van der Waals surface area contributed by atoms with Crippen LogP contribution in [0.2, 0.25) is 0 Å². The largest absolute Gasteiger partial charge is 0.467 e. The van der Waals surface area contributed by atoms with Crippen LogP contribution in [0.25, 0.3) is 0 Å². The Kier molecular flexibility index (Phi) is 4.75. The lowest BCUT2D eigenvalue weighted by molar-refractivity contribution is 0.00225. The number of nitrogens with one attached hydrogen (secondary N) is 2. The van der Waals surface area contributed by atoms with E-state index in [0.29, 0.717) is 13.2 Å². The van der Waals surface area contributed by atoms with E-state index in [1.165, 1.54) is 0 Å². The molecule has 1 aromatic carbocycles. The molecular formula is C17H20N2O3. The number of benzene rings is 1. The molecule has 0 radical (unpaired) electrons. The number of urea groups is 1. The maximum Gasteiger partial charge on any atom is 0.315 e. The van der Waals surface area contributed by atoms with Gasteiger partial charge in [0.05, 0.1) is 18.9 Å². The van der Waals surface area contributed by atoms with Gasteiger partial charge in [-0.25, -0.2) is 4.79 Å². The monoisotopic (exact) mass is 300 g/mol. The summed E-state index contributed by atoms with van der Waals surface area (Å²) in [4.78, 5) is 11.9. The first-order valence-corrected chi connectivity index (χ1v) is 7.54. The van der Waals surface area contributed by atoms with Crippen molar-refractivity contribution in [1.82, 2.24) is 10.6 Å². The fourth-order valence-corrected chi connectivity index (χ4v) is 2.64. The van der Waals surface area contributed by atoms with E-state index < -0.39 is 0 Å². The van der Waals surface area contributed by atoms with Gasteiger partial charge in [-0.15, -0.1) is 0 Å². The minimum Gasteiger partial charge on any atom is -0.467 e. The van der Waals surface area contributed by atoms with Gasteiger partial charge >= 0.3 is 6.03 Å². The molecule has 0 bridgehead atoms. The molecule has 1 aromatic heterocycles. The van der Waals surface area contributed by atoms with E-state index in [9.17, 15) is 4.79 Å². The van der Waals surface area contributed by atoms with Crippen LogP contribution < -0.4 is 10.6 Å². The molecule has 1 saturated heterocycles. The van der Waals surface area contributed by atoms with Crippen molar-refractivity contribution in [3.05, 3.63) is 60.1 Å². The van der Waals surface area contributed by atoms with Crippen molar-refractivity contribution in [2.24, 2.45) is 0 Å². The Morgan fingerprint density at radius 1 is 1.18 bits per heavy atom. The molecule has 2 N–H and O–H groups in total. The van der Waals surface area contributed by atoms with Gasteiger partial charge in [-0.3, -0.25) is 0 Å². The standard InChI is InChI=1S/C17H20N2O3/c20-17(18-12-15-7-4-9-21-15)19-14-8-10-22-16(11-14)13-5-2-1-3-6-13/h1-7,9,14,16H,8,10-12H2,(H2,18,19,20)/t14-,16-/m1/s1. The third-order valence-corrected chi connectivity index (χ3v) is 3.79. The third-order valence-electron chi connectivity index (χ3n) is 3.79. The van der Waals surface area contributed by atoms with Crippen LogP contribution in [0, 0.1) is 0 Å². The third kappa shape index (κ3) is 3.89. The quantitative estimate of drug-likeness (QED) is 0.912. The second-order valence-corrected chi connectivity index (χ2v) is 5.40. The fourth-order valence-electron chi connectivity index (χ4n) is 2.64. The van der Waals surface area contributed by atoms with Crippen molar-refractivity contribution in [2.45, 2.75) is 31.5 Å². The van der Waals surface area contributed by atoms with Crippen LogP contribution in [-0.4, -0.2) is 18.7 Å². The highest BCUT2D eigenvalue weighted by Gasteiger charge is 2.24. The summed E-state index contributed by atoms with van der Waals surface area (Å²) in [5.74, 6) is 0.740. The molecule has 0 unspecified atom stereocenters. The Labute approximate surface area is 129 Å². The first kappa shape index (κ1) is 14.7. The van der Waals surface area contributed by atoms with Crippen LogP contribution >= 0.6 is 0 Å². The number of ether oxygens (including phenoxy) is 1. The van der Waals surface area contributed by atoms with E-state index in [4.69, 9.17) is 9.15 Å². The van der Waals surface area contributed by atoms with Gasteiger partial charge in [0.25, 0.3) is 0 Å². The molecule has 1 aliphatic heterocycles. The van der Waals surface area contributed by atoms with Crippen LogP contribution in [0.15, 0.2) is 53.1 Å². The van der Waals surface area contributed by atoms with Gasteiger partial charge in [-0.05, 0) is 30.5 Å². The minimum absolute atomic E-state index is 0.0466. The highest BCUT2D eigenvalue weighted by molar-refractivity contribution is 5.74. The Morgan fingerprint density at radius 3 is 2.82 bits per heavy atom. The molecule has 0 saturated carbocycles. The lowest BCUT2D eigenvalue weighted by Crippen LogP contribution is -2.44. The van der Waals surface area contributed by atoms with Crippen molar-refractivity contribution in [3.8, 4) is 0 Å². The smallest absolute Gasteiger partial charge is 0.315 e. The van der Waals surface area contributed by atoms with Crippen LogP contribution in [0.3, 0.4) is 0 Å². The molecule has 2 heterocycles. The summed E-state index contributed by atoms with van der Waals surface area (Å²) in [5.41, 5.74) is 1.16. The molecule has 1 fully saturated rings. The number of rotatable bonds is 4. The van der Waals surface area contributed by atoms with Crippen LogP contribution in [0.4, 0.5) is 4.79 Å². The molecule has 0 spiro atoms. The molecular weight excluding hydrogens is 280 g/mol. The van der Waals surface area contributed by atoms with Gasteiger partial charge in [-0.2, -0.15) is 0 Å². The summed E-state index contributed by atoms with van der Waals surface area (Å²) in [6.07, 6.45) is 3.26. The molecule has 116 valence electrons. The molecule has 2 aromatic rings. The summed E-state index contributed by atoms with van der Waals surface area (Å²) < 4.78 is 11.0. The summed E-state index contributed by atoms with van der Waals surface area (Å²) in [6.45, 7) is 1.05. The first-order chi connectivity index (χ1) is 10.8. The van der Waals surface area contributed by atoms with Gasteiger partial charge in [0, 0.05) is 12.6 Å². The van der Waals surface area contributed by atoms with Gasteiger partial charge in [-0.1, -0.05) is 30.3 Å². The van der Waals surface area contributed by atoms with Crippen molar-refractivity contribution in [1.29, 1.82) is 0 Å². The highest BCUT2D eigenvalue weighted by atomic mass is 16.5. The zero-order valence-electron chi connectivity index (χ0n) is 12.3. The van der Waals surface area contributed by atoms with Crippen molar-refractivity contribution in [2.75, 3.05) is 6.61 Å². The molecule has 0 aliphatic carbocycles. The highest BCUT2D eigenvalue weighted by Crippen LogP contribution is 2.27. The molecule has 22 heavy (non-hydrogen) atoms. The van der Waals surface area contributed by atoms with Crippen molar-refractivity contribution >= 4 is 6.03 Å². The topological polar surface area (TPSA) is 63.5 Å². The molecule has 2 atom stereocenters. The average Bonchev–Trinajstić information content (AvgIpc) is 3.08. The van der Waals surface area contributed by atoms with Gasteiger partial charge in [0.1, 0.15) is 5.76 Å². The molecule has 3 rings (SSSR count). The number of carbonyl (C=O) groups is 1. The summed E-state index contributed by atoms with van der Waals surface area (Å²) in [6, 6.07) is 13.7. The predicted octanol–water partition coefficient (Wildman–Crippen LogP) is 3.00. The number of furan rings is 1. The maximum absolute atomic E-state index is 11.9. The van der Waals surface area contributed by atoms with E-state index in [0.717, 1.165) is 24.2 Å². The maximum atomic E-state index is 11.9. The Morgan fingerprint density at radius 2 is 2.05 bits per heavy atom. The molecule has 2 amide bonds. The molecule has 5 nitrogen and oxygen atoms in total. The number of carbonyl (C=O) groups excluding carboxylic acids is 1.